The van der Waals surface area contributed by atoms with Crippen LogP contribution in [0.3, 0.4) is 0 Å². The molecule has 8 heteroatoms. The largest absolute Gasteiger partial charge is 0.462 e. The van der Waals surface area contributed by atoms with Gasteiger partial charge >= 0.3 is 11.9 Å². The van der Waals surface area contributed by atoms with Crippen molar-refractivity contribution in [2.75, 3.05) is 49.7 Å². The SMILES string of the molecule is CS(C)(Cl)CCCOC(=O)c1cccc(C(=O)OCCCS(C)(C)Cl)c1. The maximum Gasteiger partial charge on any atom is 0.338 e. The normalized spacial score (nSPS) is 13.2. The van der Waals surface area contributed by atoms with Crippen molar-refractivity contribution in [3.63, 3.8) is 0 Å². The summed E-state index contributed by atoms with van der Waals surface area (Å²) >= 11 is 0. The zero-order valence-corrected chi connectivity index (χ0v) is 18.9. The fourth-order valence-corrected chi connectivity index (χ4v) is 4.34. The highest BCUT2D eigenvalue weighted by Crippen LogP contribution is 2.46. The third-order valence-corrected chi connectivity index (χ3v) is 6.79. The van der Waals surface area contributed by atoms with Gasteiger partial charge in [0.25, 0.3) is 0 Å². The Hall–Kier alpha value is -0.560. The van der Waals surface area contributed by atoms with Crippen LogP contribution in [0.1, 0.15) is 33.6 Å². The Labute approximate surface area is 168 Å². The van der Waals surface area contributed by atoms with E-state index >= 15 is 0 Å². The molecule has 0 radical (unpaired) electrons. The highest BCUT2D eigenvalue weighted by Gasteiger charge is 2.14. The minimum atomic E-state index is -1.11. The lowest BCUT2D eigenvalue weighted by Gasteiger charge is -2.21. The Kier molecular flexibility index (Phi) is 9.65. The molecule has 1 aromatic carbocycles. The van der Waals surface area contributed by atoms with Gasteiger partial charge in [0, 0.05) is 0 Å². The minimum Gasteiger partial charge on any atom is -0.462 e. The van der Waals surface area contributed by atoms with Crippen LogP contribution in [-0.2, 0) is 9.47 Å². The first-order valence-corrected chi connectivity index (χ1v) is 15.1. The Bertz CT molecular complexity index is 561. The van der Waals surface area contributed by atoms with Crippen LogP contribution >= 0.6 is 39.8 Å². The molecule has 0 aliphatic heterocycles. The second kappa shape index (κ2) is 10.7. The summed E-state index contributed by atoms with van der Waals surface area (Å²) < 4.78 is 10.5. The summed E-state index contributed by atoms with van der Waals surface area (Å²) in [5.41, 5.74) is 0.673. The van der Waals surface area contributed by atoms with E-state index in [0.717, 1.165) is 24.3 Å². The first-order chi connectivity index (χ1) is 12.0. The standard InChI is InChI=1S/C18H28Cl2O4S2/c1-25(2,19)12-6-10-23-17(21)15-8-5-9-16(14-15)18(22)24-11-7-13-26(3,4)20/h5,8-9,14H,6-7,10-13H2,1-4H3. The molecule has 0 atom stereocenters. The first kappa shape index (κ1) is 23.5. The van der Waals surface area contributed by atoms with Crippen molar-refractivity contribution < 1.29 is 19.1 Å². The number of esters is 2. The number of halogens is 2. The predicted octanol–water partition coefficient (Wildman–Crippen LogP) is 5.22. The molecular weight excluding hydrogens is 415 g/mol. The molecule has 0 heterocycles. The number of carbonyl (C=O) groups excluding carboxylic acids is 2. The molecule has 0 fully saturated rings. The van der Waals surface area contributed by atoms with Crippen LogP contribution in [0.5, 0.6) is 0 Å². The average molecular weight is 443 g/mol. The van der Waals surface area contributed by atoms with Crippen molar-refractivity contribution in [2.45, 2.75) is 12.8 Å². The fourth-order valence-electron chi connectivity index (χ4n) is 2.07. The summed E-state index contributed by atoms with van der Waals surface area (Å²) in [5.74, 6) is 0.758. The van der Waals surface area contributed by atoms with Gasteiger partial charge in [-0.25, -0.2) is 9.59 Å². The second-order valence-electron chi connectivity index (χ2n) is 6.77. The summed E-state index contributed by atoms with van der Waals surface area (Å²) in [7, 11) is 10.1. The van der Waals surface area contributed by atoms with Gasteiger partial charge < -0.3 is 9.47 Å². The molecule has 0 bridgehead atoms. The number of ether oxygens (including phenoxy) is 2. The number of hydrogen-bond acceptors (Lipinski definition) is 4. The lowest BCUT2D eigenvalue weighted by molar-refractivity contribution is 0.0504. The molecular formula is C18H28Cl2O4S2. The lowest BCUT2D eigenvalue weighted by atomic mass is 10.1. The quantitative estimate of drug-likeness (QED) is 0.368. The van der Waals surface area contributed by atoms with Crippen molar-refractivity contribution in [1.29, 1.82) is 0 Å². The molecule has 0 aliphatic carbocycles. The summed E-state index contributed by atoms with van der Waals surface area (Å²) in [6, 6.07) is 6.38. The average Bonchev–Trinajstić information content (AvgIpc) is 2.53. The summed E-state index contributed by atoms with van der Waals surface area (Å²) in [5, 5.41) is 0. The summed E-state index contributed by atoms with van der Waals surface area (Å²) in [6.07, 6.45) is 9.44. The third kappa shape index (κ3) is 10.6. The van der Waals surface area contributed by atoms with Gasteiger partial charge in [0.15, 0.2) is 0 Å². The van der Waals surface area contributed by atoms with Crippen LogP contribution in [-0.4, -0.2) is 61.7 Å². The van der Waals surface area contributed by atoms with Gasteiger partial charge in [0.2, 0.25) is 0 Å². The first-order valence-electron chi connectivity index (χ1n) is 8.23. The van der Waals surface area contributed by atoms with Gasteiger partial charge in [-0.1, -0.05) is 27.4 Å². The van der Waals surface area contributed by atoms with E-state index in [9.17, 15) is 9.59 Å². The smallest absolute Gasteiger partial charge is 0.338 e. The predicted molar refractivity (Wildman–Crippen MR) is 117 cm³/mol. The molecule has 0 saturated carbocycles. The Balaban J connectivity index is 2.48. The molecule has 1 aromatic rings. The van der Waals surface area contributed by atoms with E-state index < -0.39 is 30.4 Å². The van der Waals surface area contributed by atoms with Gasteiger partial charge in [-0.2, -0.15) is 18.5 Å². The Morgan fingerprint density at radius 2 is 1.23 bits per heavy atom. The molecule has 0 amide bonds. The molecule has 0 saturated heterocycles. The van der Waals surface area contributed by atoms with E-state index in [2.05, 4.69) is 0 Å². The van der Waals surface area contributed by atoms with Crippen molar-refractivity contribution in [3.05, 3.63) is 35.4 Å². The molecule has 0 aliphatic rings. The van der Waals surface area contributed by atoms with Crippen molar-refractivity contribution in [3.8, 4) is 0 Å². The van der Waals surface area contributed by atoms with Gasteiger partial charge in [0.1, 0.15) is 0 Å². The van der Waals surface area contributed by atoms with Gasteiger partial charge in [0.05, 0.1) is 24.3 Å². The van der Waals surface area contributed by atoms with Crippen LogP contribution in [0.2, 0.25) is 0 Å². The molecule has 0 spiro atoms. The third-order valence-electron chi connectivity index (χ3n) is 3.35. The van der Waals surface area contributed by atoms with Crippen LogP contribution in [0.15, 0.2) is 24.3 Å². The maximum atomic E-state index is 12.1. The lowest BCUT2D eigenvalue weighted by Crippen LogP contribution is -2.11. The van der Waals surface area contributed by atoms with Crippen LogP contribution in [0.4, 0.5) is 0 Å². The topological polar surface area (TPSA) is 52.6 Å². The van der Waals surface area contributed by atoms with Gasteiger partial charge in [-0.3, -0.25) is 0 Å². The van der Waals surface area contributed by atoms with E-state index in [4.69, 9.17) is 30.8 Å². The highest BCUT2D eigenvalue weighted by atomic mass is 35.7. The fraction of sp³-hybridized carbons (Fsp3) is 0.556. The molecule has 0 N–H and O–H groups in total. The second-order valence-corrected chi connectivity index (χ2v) is 18.2. The molecule has 26 heavy (non-hydrogen) atoms. The number of hydrogen-bond donors (Lipinski definition) is 0. The van der Waals surface area contributed by atoms with Crippen molar-refractivity contribution in [1.82, 2.24) is 0 Å². The zero-order valence-electron chi connectivity index (χ0n) is 15.8. The monoisotopic (exact) mass is 442 g/mol. The van der Waals surface area contributed by atoms with E-state index in [1.165, 1.54) is 6.07 Å². The Morgan fingerprint density at radius 3 is 1.58 bits per heavy atom. The highest BCUT2D eigenvalue weighted by molar-refractivity contribution is 8.50. The number of benzene rings is 1. The molecule has 4 nitrogen and oxygen atoms in total. The summed E-state index contributed by atoms with van der Waals surface area (Å²) in [6.45, 7) is 0.625. The molecule has 150 valence electrons. The van der Waals surface area contributed by atoms with E-state index in [1.807, 2.05) is 25.0 Å². The minimum absolute atomic E-state index is 0.313. The van der Waals surface area contributed by atoms with Crippen LogP contribution in [0, 0.1) is 0 Å². The van der Waals surface area contributed by atoms with E-state index in [-0.39, 0.29) is 0 Å². The molecule has 0 unspecified atom stereocenters. The van der Waals surface area contributed by atoms with E-state index in [0.29, 0.717) is 24.3 Å². The van der Waals surface area contributed by atoms with Crippen LogP contribution in [0.25, 0.3) is 0 Å². The van der Waals surface area contributed by atoms with Gasteiger partial charge in [-0.05, 0) is 67.6 Å². The number of rotatable bonds is 10. The maximum absolute atomic E-state index is 12.1. The van der Waals surface area contributed by atoms with Gasteiger partial charge in [-0.15, -0.1) is 0 Å². The zero-order chi connectivity index (χ0) is 19.8. The van der Waals surface area contributed by atoms with Crippen LogP contribution < -0.4 is 0 Å². The van der Waals surface area contributed by atoms with Crippen molar-refractivity contribution >= 4 is 51.8 Å². The molecule has 0 aromatic heterocycles. The summed E-state index contributed by atoms with van der Waals surface area (Å²) in [4.78, 5) is 24.2. The Morgan fingerprint density at radius 1 is 0.846 bits per heavy atom. The van der Waals surface area contributed by atoms with E-state index in [1.54, 1.807) is 18.2 Å². The van der Waals surface area contributed by atoms with Crippen molar-refractivity contribution in [2.24, 2.45) is 0 Å². The number of carbonyl (C=O) groups is 2. The molecule has 1 rings (SSSR count).